The Labute approximate surface area is 645 Å². The topological polar surface area (TPSA) is 254 Å². The molecule has 6 aliphatic heterocycles. The number of aromatic nitrogens is 3. The van der Waals surface area contributed by atoms with Crippen LogP contribution < -0.4 is 10.6 Å². The van der Waals surface area contributed by atoms with E-state index in [2.05, 4.69) is 89.1 Å². The molecule has 0 saturated carbocycles. The molecule has 6 fully saturated rings. The molecule has 5 amide bonds. The standard InChI is InChI=1S/C29H29ClF3N3O3.C27H30Cl2N4O3.C27H32N4O3/c30-20-2-3-21-22(16-34-25(21)15-20)18-5-11-36(12-6-18)28(29(38)39)19-7-9-35(10-8-19)26(37)4-1-17-13-23(31)27(33)24(32)14-17;28-19-13-20(29)15-21(14-19)31-27(36)33-11-7-18(8-12-33)25(26(34)35)32-9-5-17(6-10-32)23-16-30-24-4-2-1-3-22(23)24;32-26(33)25(20-12-16-31(17-13-20)27(34)29-21-6-2-1-3-7-21)30-14-10-19(11-15-30)23-18-28-24-9-5-4-8-22(23)24/h1-4,13-16,18-19,28,34H,5-12H2,(H,38,39);1-4,13-18,25,30H,5-12H2,(H,31,36)(H,34,35);1-9,18-20,25,28H,10-17H2,(H,29,34)(H,32,33)/b4-1+;;. The third-order valence-electron chi connectivity index (χ3n) is 23.2. The molecule has 6 aromatic carbocycles. The van der Waals surface area contributed by atoms with Crippen LogP contribution in [0.25, 0.3) is 38.8 Å². The number of urea groups is 2. The summed E-state index contributed by atoms with van der Waals surface area (Å²) in [4.78, 5) is 96.5. The number of hydrogen-bond donors (Lipinski definition) is 8. The summed E-state index contributed by atoms with van der Waals surface area (Å²) in [5.41, 5.74) is 8.57. The van der Waals surface area contributed by atoms with Gasteiger partial charge in [-0.2, -0.15) is 0 Å². The van der Waals surface area contributed by atoms with Crippen molar-refractivity contribution < 1.29 is 57.3 Å². The van der Waals surface area contributed by atoms with E-state index in [1.54, 1.807) is 32.9 Å². The number of para-hydroxylation sites is 3. The summed E-state index contributed by atoms with van der Waals surface area (Å²) < 4.78 is 40.0. The fraction of sp³-hybridized carbons (Fsp3) is 0.398. The van der Waals surface area contributed by atoms with E-state index in [0.29, 0.717) is 129 Å². The van der Waals surface area contributed by atoms with E-state index < -0.39 is 53.5 Å². The van der Waals surface area contributed by atoms with Gasteiger partial charge < -0.3 is 55.6 Å². The minimum atomic E-state index is -1.55. The Morgan fingerprint density at radius 3 is 1.18 bits per heavy atom. The van der Waals surface area contributed by atoms with Crippen molar-refractivity contribution >= 4 is 121 Å². The number of rotatable bonds is 16. The minimum absolute atomic E-state index is 0.0109. The van der Waals surface area contributed by atoms with Crippen LogP contribution in [-0.2, 0) is 19.2 Å². The lowest BCUT2D eigenvalue weighted by Crippen LogP contribution is -2.52. The normalized spacial score (nSPS) is 18.9. The van der Waals surface area contributed by atoms with Crippen molar-refractivity contribution in [3.63, 3.8) is 0 Å². The van der Waals surface area contributed by atoms with Crippen LogP contribution in [0.15, 0.2) is 152 Å². The van der Waals surface area contributed by atoms with Gasteiger partial charge in [-0.1, -0.05) is 95.5 Å². The molecule has 6 aliphatic rings. The third-order valence-corrected chi connectivity index (χ3v) is 23.8. The predicted octanol–water partition coefficient (Wildman–Crippen LogP) is 16.6. The summed E-state index contributed by atoms with van der Waals surface area (Å²) in [7, 11) is 0. The highest BCUT2D eigenvalue weighted by Gasteiger charge is 2.42. The lowest BCUT2D eigenvalue weighted by Gasteiger charge is -2.41. The molecule has 20 nitrogen and oxygen atoms in total. The molecule has 9 aromatic rings. The Kier molecular flexibility index (Phi) is 25.4. The van der Waals surface area contributed by atoms with E-state index in [4.69, 9.17) is 34.8 Å². The van der Waals surface area contributed by atoms with Gasteiger partial charge in [-0.3, -0.25) is 33.9 Å². The van der Waals surface area contributed by atoms with E-state index in [1.807, 2.05) is 66.9 Å². The zero-order chi connectivity index (χ0) is 76.4. The first-order chi connectivity index (χ1) is 52.7. The maximum atomic E-state index is 13.4. The number of carbonyl (C=O) groups is 6. The summed E-state index contributed by atoms with van der Waals surface area (Å²) in [6, 6.07) is 36.5. The zero-order valence-corrected chi connectivity index (χ0v) is 62.7. The van der Waals surface area contributed by atoms with Crippen molar-refractivity contribution in [1.29, 1.82) is 0 Å². The molecule has 6 saturated heterocycles. The number of carboxylic acid groups (broad SMARTS) is 3. The quantitative estimate of drug-likeness (QED) is 0.0332. The number of nitrogens with zero attached hydrogens (tertiary/aromatic N) is 6. The second-order valence-corrected chi connectivity index (χ2v) is 30.9. The second kappa shape index (κ2) is 35.6. The number of fused-ring (bicyclic) bond motifs is 3. The van der Waals surface area contributed by atoms with Crippen molar-refractivity contribution in [3.05, 3.63) is 207 Å². The summed E-state index contributed by atoms with van der Waals surface area (Å²) >= 11 is 18.2. The number of piperidine rings is 6. The van der Waals surface area contributed by atoms with Gasteiger partial charge in [-0.25, -0.2) is 22.8 Å². The Bertz CT molecular complexity index is 4680. The number of H-pyrrole nitrogens is 3. The molecule has 574 valence electrons. The maximum Gasteiger partial charge on any atom is 0.321 e. The average Bonchev–Trinajstić information content (AvgIpc) is 0.871. The number of carbonyl (C=O) groups excluding carboxylic acids is 3. The Morgan fingerprint density at radius 1 is 0.404 bits per heavy atom. The van der Waals surface area contributed by atoms with Crippen molar-refractivity contribution in [2.45, 2.75) is 113 Å². The Hall–Kier alpha value is -9.36. The lowest BCUT2D eigenvalue weighted by molar-refractivity contribution is -0.148. The van der Waals surface area contributed by atoms with Gasteiger partial charge >= 0.3 is 30.0 Å². The van der Waals surface area contributed by atoms with Gasteiger partial charge in [-0.15, -0.1) is 0 Å². The maximum absolute atomic E-state index is 13.4. The van der Waals surface area contributed by atoms with Gasteiger partial charge in [0.05, 0.1) is 0 Å². The third kappa shape index (κ3) is 18.8. The first-order valence-corrected chi connectivity index (χ1v) is 38.9. The number of nitrogens with one attached hydrogen (secondary N) is 5. The number of benzene rings is 6. The predicted molar refractivity (Wildman–Crippen MR) is 419 cm³/mol. The van der Waals surface area contributed by atoms with Gasteiger partial charge in [-0.05, 0) is 247 Å². The fourth-order valence-corrected chi connectivity index (χ4v) is 18.2. The van der Waals surface area contributed by atoms with Crippen LogP contribution in [-0.4, -0.2) is 192 Å². The Balaban J connectivity index is 0.000000144. The first-order valence-electron chi connectivity index (χ1n) is 37.7. The van der Waals surface area contributed by atoms with E-state index in [9.17, 15) is 57.3 Å². The Morgan fingerprint density at radius 2 is 0.771 bits per heavy atom. The average molecular weight is 1550 g/mol. The minimum Gasteiger partial charge on any atom is -0.480 e. The van der Waals surface area contributed by atoms with E-state index in [0.717, 1.165) is 104 Å². The van der Waals surface area contributed by atoms with E-state index in [-0.39, 0.29) is 41.3 Å². The molecule has 0 aliphatic carbocycles. The second-order valence-electron chi connectivity index (χ2n) is 29.6. The van der Waals surface area contributed by atoms with Crippen LogP contribution in [0.2, 0.25) is 15.1 Å². The zero-order valence-electron chi connectivity index (χ0n) is 60.4. The first kappa shape index (κ1) is 77.8. The summed E-state index contributed by atoms with van der Waals surface area (Å²) in [6.07, 6.45) is 18.0. The molecule has 0 radical (unpaired) electrons. The van der Waals surface area contributed by atoms with E-state index in [1.165, 1.54) is 39.6 Å². The van der Waals surface area contributed by atoms with Crippen molar-refractivity contribution in [3.8, 4) is 0 Å². The van der Waals surface area contributed by atoms with Crippen LogP contribution >= 0.6 is 34.8 Å². The molecule has 3 unspecified atom stereocenters. The number of aromatic amines is 3. The van der Waals surface area contributed by atoms with Crippen LogP contribution in [0.1, 0.15) is 117 Å². The van der Waals surface area contributed by atoms with Crippen LogP contribution in [0.5, 0.6) is 0 Å². The molecule has 0 spiro atoms. The molecule has 0 bridgehead atoms. The monoisotopic (exact) mass is 1550 g/mol. The van der Waals surface area contributed by atoms with Gasteiger partial charge in [0, 0.05) is 123 Å². The lowest BCUT2D eigenvalue weighted by atomic mass is 9.84. The van der Waals surface area contributed by atoms with Gasteiger partial charge in [0.1, 0.15) is 18.1 Å². The molecule has 9 heterocycles. The highest BCUT2D eigenvalue weighted by atomic mass is 35.5. The number of hydrogen-bond acceptors (Lipinski definition) is 9. The summed E-state index contributed by atoms with van der Waals surface area (Å²) in [5, 5.41) is 41.4. The molecule has 8 N–H and O–H groups in total. The van der Waals surface area contributed by atoms with Gasteiger partial charge in [0.2, 0.25) is 5.91 Å². The SMILES string of the molecule is O=C(O)C(C1CCN(C(=O)/C=C/c2cc(F)c(F)c(F)c2)CC1)N1CCC(c2c[nH]c3cc(Cl)ccc23)CC1.O=C(O)C(C1CCN(C(=O)Nc2cc(Cl)cc(Cl)c2)CC1)N1CCC(c2c[nH]c3ccccc23)CC1.O=C(O)C(C1CCN(C(=O)Nc2ccccc2)CC1)N1CCC(c2c[nH]c3ccccc23)CC1. The molecule has 109 heavy (non-hydrogen) atoms. The van der Waals surface area contributed by atoms with E-state index >= 15 is 0 Å². The highest BCUT2D eigenvalue weighted by Crippen LogP contribution is 2.40. The number of aliphatic carboxylic acids is 3. The molecular weight excluding hydrogens is 1460 g/mol. The van der Waals surface area contributed by atoms with Crippen molar-refractivity contribution in [1.82, 2.24) is 44.4 Å². The largest absolute Gasteiger partial charge is 0.480 e. The van der Waals surface area contributed by atoms with Crippen molar-refractivity contribution in [2.75, 3.05) is 89.2 Å². The molecule has 15 rings (SSSR count). The highest BCUT2D eigenvalue weighted by molar-refractivity contribution is 6.35. The number of carboxylic acids is 3. The number of anilines is 2. The molecule has 3 aromatic heterocycles. The summed E-state index contributed by atoms with van der Waals surface area (Å²) in [5.74, 6) is -5.71. The van der Waals surface area contributed by atoms with Crippen molar-refractivity contribution in [2.24, 2.45) is 17.8 Å². The van der Waals surface area contributed by atoms with Crippen LogP contribution in [0.3, 0.4) is 0 Å². The molecule has 26 heteroatoms. The smallest absolute Gasteiger partial charge is 0.321 e. The van der Waals surface area contributed by atoms with Crippen LogP contribution in [0.4, 0.5) is 34.1 Å². The van der Waals surface area contributed by atoms with Gasteiger partial charge in [0.25, 0.3) is 0 Å². The number of likely N-dealkylation sites (tertiary alicyclic amines) is 6. The van der Waals surface area contributed by atoms with Crippen LogP contribution in [0, 0.1) is 35.2 Å². The molecule has 3 atom stereocenters. The molecular formula is C83H91Cl3F3N11O9. The summed E-state index contributed by atoms with van der Waals surface area (Å²) in [6.45, 7) is 7.42. The van der Waals surface area contributed by atoms with Gasteiger partial charge in [0.15, 0.2) is 17.5 Å². The number of amides is 5. The number of halogens is 6. The fourth-order valence-electron chi connectivity index (χ4n) is 17.5.